The predicted molar refractivity (Wildman–Crippen MR) is 67.1 cm³/mol. The molecule has 1 aromatic rings. The fourth-order valence-electron chi connectivity index (χ4n) is 2.01. The molecule has 1 aliphatic rings. The van der Waals surface area contributed by atoms with E-state index in [1.54, 1.807) is 0 Å². The highest BCUT2D eigenvalue weighted by Crippen LogP contribution is 2.19. The monoisotopic (exact) mass is 254 g/mol. The summed E-state index contributed by atoms with van der Waals surface area (Å²) < 4.78 is 10.9. The fourth-order valence-corrected chi connectivity index (χ4v) is 2.01. The lowest BCUT2D eigenvalue weighted by molar-refractivity contribution is -0.0264. The van der Waals surface area contributed by atoms with Gasteiger partial charge in [0.2, 0.25) is 11.7 Å². The molecule has 2 rings (SSSR count). The second kappa shape index (κ2) is 6.26. The zero-order valence-electron chi connectivity index (χ0n) is 11.1. The summed E-state index contributed by atoms with van der Waals surface area (Å²) in [4.78, 5) is 6.60. The van der Waals surface area contributed by atoms with Crippen molar-refractivity contribution in [2.24, 2.45) is 5.73 Å². The topological polar surface area (TPSA) is 77.4 Å². The van der Waals surface area contributed by atoms with E-state index in [9.17, 15) is 0 Å². The van der Waals surface area contributed by atoms with Crippen LogP contribution in [0.2, 0.25) is 0 Å². The third-order valence-electron chi connectivity index (χ3n) is 3.09. The van der Waals surface area contributed by atoms with Gasteiger partial charge in [-0.15, -0.1) is 0 Å². The molecule has 2 unspecified atom stereocenters. The van der Waals surface area contributed by atoms with Gasteiger partial charge in [0, 0.05) is 25.6 Å². The van der Waals surface area contributed by atoms with E-state index in [-0.39, 0.29) is 12.1 Å². The number of nitrogens with two attached hydrogens (primary N) is 1. The third-order valence-corrected chi connectivity index (χ3v) is 3.09. The van der Waals surface area contributed by atoms with Crippen molar-refractivity contribution in [3.05, 3.63) is 11.7 Å². The molecule has 0 aromatic carbocycles. The van der Waals surface area contributed by atoms with Gasteiger partial charge in [-0.1, -0.05) is 5.16 Å². The van der Waals surface area contributed by atoms with Gasteiger partial charge < -0.3 is 19.9 Å². The van der Waals surface area contributed by atoms with Crippen molar-refractivity contribution in [2.75, 3.05) is 26.7 Å². The van der Waals surface area contributed by atoms with Crippen LogP contribution in [0.5, 0.6) is 0 Å². The quantitative estimate of drug-likeness (QED) is 0.835. The molecule has 0 bridgehead atoms. The van der Waals surface area contributed by atoms with Gasteiger partial charge >= 0.3 is 0 Å². The van der Waals surface area contributed by atoms with Crippen LogP contribution in [0.3, 0.4) is 0 Å². The van der Waals surface area contributed by atoms with Gasteiger partial charge in [0.15, 0.2) is 0 Å². The lowest BCUT2D eigenvalue weighted by Crippen LogP contribution is -2.35. The normalized spacial score (nSPS) is 23.2. The zero-order chi connectivity index (χ0) is 13.0. The largest absolute Gasteiger partial charge is 0.367 e. The van der Waals surface area contributed by atoms with E-state index >= 15 is 0 Å². The smallest absolute Gasteiger partial charge is 0.226 e. The Morgan fingerprint density at radius 3 is 3.11 bits per heavy atom. The molecule has 0 radical (unpaired) electrons. The van der Waals surface area contributed by atoms with Gasteiger partial charge in [-0.3, -0.25) is 0 Å². The number of hydrogen-bond acceptors (Lipinski definition) is 6. The Bertz CT molecular complexity index is 367. The molecule has 6 nitrogen and oxygen atoms in total. The van der Waals surface area contributed by atoms with Gasteiger partial charge in [0.05, 0.1) is 6.61 Å². The van der Waals surface area contributed by atoms with Crippen LogP contribution in [0.25, 0.3) is 0 Å². The molecule has 0 saturated carbocycles. The summed E-state index contributed by atoms with van der Waals surface area (Å²) >= 11 is 0. The minimum atomic E-state index is -0.0605. The van der Waals surface area contributed by atoms with Gasteiger partial charge in [-0.25, -0.2) is 0 Å². The molecule has 102 valence electrons. The molecule has 1 saturated heterocycles. The minimum absolute atomic E-state index is 0.0605. The lowest BCUT2D eigenvalue weighted by atomic mass is 10.1. The summed E-state index contributed by atoms with van der Waals surface area (Å²) in [7, 11) is 2.07. The second-order valence-corrected chi connectivity index (χ2v) is 5.04. The molecule has 1 aliphatic heterocycles. The average molecular weight is 254 g/mol. The highest BCUT2D eigenvalue weighted by molar-refractivity contribution is 4.94. The molecule has 6 heteroatoms. The van der Waals surface area contributed by atoms with Crippen LogP contribution in [0.15, 0.2) is 4.52 Å². The van der Waals surface area contributed by atoms with Crippen molar-refractivity contribution in [1.29, 1.82) is 0 Å². The summed E-state index contributed by atoms with van der Waals surface area (Å²) in [5.41, 5.74) is 5.70. The van der Waals surface area contributed by atoms with E-state index in [0.29, 0.717) is 11.7 Å². The predicted octanol–water partition coefficient (Wildman–Crippen LogP) is 0.743. The SMILES string of the molecule is CC(N)CCCc1nc(C2CN(C)CCO2)no1. The molecule has 0 amide bonds. The van der Waals surface area contributed by atoms with Crippen LogP contribution in [0.4, 0.5) is 0 Å². The molecule has 2 N–H and O–H groups in total. The Labute approximate surface area is 107 Å². The average Bonchev–Trinajstić information content (AvgIpc) is 2.77. The number of likely N-dealkylation sites (N-methyl/N-ethyl adjacent to an activating group) is 1. The number of hydrogen-bond donors (Lipinski definition) is 1. The van der Waals surface area contributed by atoms with Gasteiger partial charge in [0.1, 0.15) is 6.10 Å². The van der Waals surface area contributed by atoms with Crippen LogP contribution >= 0.6 is 0 Å². The Balaban J connectivity index is 1.85. The molecule has 18 heavy (non-hydrogen) atoms. The highest BCUT2D eigenvalue weighted by atomic mass is 16.5. The standard InChI is InChI=1S/C12H22N4O2/c1-9(13)4-3-5-11-14-12(15-18-11)10-8-16(2)6-7-17-10/h9-10H,3-8,13H2,1-2H3. The highest BCUT2D eigenvalue weighted by Gasteiger charge is 2.24. The van der Waals surface area contributed by atoms with Gasteiger partial charge in [-0.05, 0) is 26.8 Å². The fraction of sp³-hybridized carbons (Fsp3) is 0.833. The van der Waals surface area contributed by atoms with Crippen molar-refractivity contribution in [1.82, 2.24) is 15.0 Å². The van der Waals surface area contributed by atoms with E-state index in [0.717, 1.165) is 39.0 Å². The summed E-state index contributed by atoms with van der Waals surface area (Å²) in [5.74, 6) is 1.35. The molecular formula is C12H22N4O2. The van der Waals surface area contributed by atoms with Crippen molar-refractivity contribution in [3.8, 4) is 0 Å². The van der Waals surface area contributed by atoms with E-state index in [1.165, 1.54) is 0 Å². The summed E-state index contributed by atoms with van der Waals surface area (Å²) in [6.45, 7) is 4.50. The number of morpholine rings is 1. The van der Waals surface area contributed by atoms with Gasteiger partial charge in [-0.2, -0.15) is 4.98 Å². The molecule has 2 atom stereocenters. The maximum Gasteiger partial charge on any atom is 0.226 e. The van der Waals surface area contributed by atoms with Crippen molar-refractivity contribution in [2.45, 2.75) is 38.3 Å². The molecule has 0 aliphatic carbocycles. The summed E-state index contributed by atoms with van der Waals surface area (Å²) in [5, 5.41) is 4.00. The van der Waals surface area contributed by atoms with Crippen LogP contribution in [-0.2, 0) is 11.2 Å². The first-order valence-corrected chi connectivity index (χ1v) is 6.53. The van der Waals surface area contributed by atoms with Crippen LogP contribution in [0, 0.1) is 0 Å². The van der Waals surface area contributed by atoms with Crippen LogP contribution in [-0.4, -0.2) is 47.8 Å². The Morgan fingerprint density at radius 2 is 2.39 bits per heavy atom. The number of rotatable bonds is 5. The third kappa shape index (κ3) is 3.76. The molecular weight excluding hydrogens is 232 g/mol. The van der Waals surface area contributed by atoms with E-state index in [1.807, 2.05) is 6.92 Å². The van der Waals surface area contributed by atoms with E-state index in [2.05, 4.69) is 22.1 Å². The van der Waals surface area contributed by atoms with Gasteiger partial charge in [0.25, 0.3) is 0 Å². The Hall–Kier alpha value is -0.980. The number of aryl methyl sites for hydroxylation is 1. The van der Waals surface area contributed by atoms with Crippen molar-refractivity contribution >= 4 is 0 Å². The zero-order valence-corrected chi connectivity index (χ0v) is 11.1. The van der Waals surface area contributed by atoms with Crippen molar-refractivity contribution < 1.29 is 9.26 Å². The Morgan fingerprint density at radius 1 is 1.56 bits per heavy atom. The molecule has 1 fully saturated rings. The first-order chi connectivity index (χ1) is 8.65. The number of nitrogens with zero attached hydrogens (tertiary/aromatic N) is 3. The summed E-state index contributed by atoms with van der Waals surface area (Å²) in [6.07, 6.45) is 2.68. The molecule has 0 spiro atoms. The minimum Gasteiger partial charge on any atom is -0.367 e. The van der Waals surface area contributed by atoms with Crippen molar-refractivity contribution in [3.63, 3.8) is 0 Å². The molecule has 1 aromatic heterocycles. The number of aromatic nitrogens is 2. The lowest BCUT2D eigenvalue weighted by Gasteiger charge is -2.27. The van der Waals surface area contributed by atoms with E-state index < -0.39 is 0 Å². The van der Waals surface area contributed by atoms with Crippen LogP contribution < -0.4 is 5.73 Å². The summed E-state index contributed by atoms with van der Waals surface area (Å²) in [6, 6.07) is 0.225. The van der Waals surface area contributed by atoms with Crippen LogP contribution in [0.1, 0.15) is 37.6 Å². The second-order valence-electron chi connectivity index (χ2n) is 5.04. The maximum absolute atomic E-state index is 5.70. The first kappa shape index (κ1) is 13.5. The number of ether oxygens (including phenoxy) is 1. The van der Waals surface area contributed by atoms with E-state index in [4.69, 9.17) is 15.0 Å². The molecule has 2 heterocycles. The first-order valence-electron chi connectivity index (χ1n) is 6.53. The Kier molecular flexibility index (Phi) is 4.68. The maximum atomic E-state index is 5.70.